The minimum absolute atomic E-state index is 0.196. The number of aliphatic carboxylic acids is 1. The fraction of sp³-hybridized carbons (Fsp3) is 0.688. The largest absolute Gasteiger partial charge is 0.480 e. The van der Waals surface area contributed by atoms with Gasteiger partial charge in [-0.15, -0.1) is 0 Å². The number of aliphatic hydroxyl groups excluding tert-OH is 1. The van der Waals surface area contributed by atoms with Gasteiger partial charge in [0.25, 0.3) is 0 Å². The van der Waals surface area contributed by atoms with E-state index < -0.39 is 60.4 Å². The van der Waals surface area contributed by atoms with E-state index in [0.717, 1.165) is 0 Å². The van der Waals surface area contributed by atoms with Crippen LogP contribution < -0.4 is 27.4 Å². The summed E-state index contributed by atoms with van der Waals surface area (Å²) < 4.78 is 0. The van der Waals surface area contributed by atoms with E-state index in [-0.39, 0.29) is 12.8 Å². The van der Waals surface area contributed by atoms with Crippen LogP contribution in [0.1, 0.15) is 26.2 Å². The Hall–Kier alpha value is -2.38. The van der Waals surface area contributed by atoms with Crippen molar-refractivity contribution in [2.45, 2.75) is 50.4 Å². The lowest BCUT2D eigenvalue weighted by atomic mass is 10.1. The first-order chi connectivity index (χ1) is 13.5. The van der Waals surface area contributed by atoms with Gasteiger partial charge in [0.1, 0.15) is 18.1 Å². The van der Waals surface area contributed by atoms with Crippen molar-refractivity contribution in [3.05, 3.63) is 0 Å². The third-order valence-electron chi connectivity index (χ3n) is 3.83. The minimum atomic E-state index is -1.58. The predicted octanol–water partition coefficient (Wildman–Crippen LogP) is -3.12. The first kappa shape index (κ1) is 26.6. The number of hydrogen-bond donors (Lipinski definition) is 7. The molecule has 0 fully saturated rings. The number of primary amides is 1. The van der Waals surface area contributed by atoms with E-state index in [0.29, 0.717) is 12.2 Å². The highest BCUT2D eigenvalue weighted by Crippen LogP contribution is 2.02. The van der Waals surface area contributed by atoms with Crippen molar-refractivity contribution >= 4 is 41.4 Å². The second-order valence-electron chi connectivity index (χ2n) is 6.27. The topological polar surface area (TPSA) is 214 Å². The van der Waals surface area contributed by atoms with Crippen molar-refractivity contribution in [1.29, 1.82) is 0 Å². The normalized spacial score (nSPS) is 14.8. The van der Waals surface area contributed by atoms with E-state index in [1.54, 1.807) is 0 Å². The van der Waals surface area contributed by atoms with Crippen LogP contribution in [0.5, 0.6) is 0 Å². The maximum atomic E-state index is 12.3. The number of carboxylic acid groups (broad SMARTS) is 1. The maximum absolute atomic E-state index is 12.3. The summed E-state index contributed by atoms with van der Waals surface area (Å²) in [6.45, 7) is 0.517. The zero-order chi connectivity index (χ0) is 22.6. The van der Waals surface area contributed by atoms with Gasteiger partial charge in [-0.25, -0.2) is 4.79 Å². The van der Waals surface area contributed by atoms with Crippen molar-refractivity contribution in [1.82, 2.24) is 16.0 Å². The Balaban J connectivity index is 5.00. The molecule has 0 aliphatic carbocycles. The van der Waals surface area contributed by atoms with Crippen LogP contribution in [-0.2, 0) is 24.0 Å². The Bertz CT molecular complexity index is 604. The van der Waals surface area contributed by atoms with Crippen LogP contribution in [-0.4, -0.2) is 82.6 Å². The highest BCUT2D eigenvalue weighted by molar-refractivity contribution is 7.98. The summed E-state index contributed by atoms with van der Waals surface area (Å²) in [5.41, 5.74) is 10.8. The van der Waals surface area contributed by atoms with Gasteiger partial charge >= 0.3 is 5.97 Å². The van der Waals surface area contributed by atoms with E-state index in [1.165, 1.54) is 18.7 Å². The van der Waals surface area contributed by atoms with Crippen LogP contribution in [0, 0.1) is 0 Å². The number of amides is 4. The number of carbonyl (C=O) groups is 5. The zero-order valence-corrected chi connectivity index (χ0v) is 17.2. The summed E-state index contributed by atoms with van der Waals surface area (Å²) in [5.74, 6) is -3.73. The quantitative estimate of drug-likeness (QED) is 0.147. The molecule has 13 heteroatoms. The SMILES string of the molecule is CSCCC(N)C(=O)NC(C)C(=O)NC(CCC(N)=O)C(=O)NC(CO)C(=O)O. The van der Waals surface area contributed by atoms with Crippen molar-refractivity contribution in [3.8, 4) is 0 Å². The molecule has 0 aromatic rings. The lowest BCUT2D eigenvalue weighted by Gasteiger charge is -2.23. The van der Waals surface area contributed by atoms with E-state index in [9.17, 15) is 24.0 Å². The van der Waals surface area contributed by atoms with Gasteiger partial charge in [-0.1, -0.05) is 0 Å². The predicted molar refractivity (Wildman–Crippen MR) is 106 cm³/mol. The molecule has 4 atom stereocenters. The third kappa shape index (κ3) is 10.7. The number of nitrogens with one attached hydrogen (secondary N) is 3. The summed E-state index contributed by atoms with van der Waals surface area (Å²) in [4.78, 5) is 58.6. The molecule has 4 amide bonds. The van der Waals surface area contributed by atoms with Crippen LogP contribution in [0.25, 0.3) is 0 Å². The molecule has 0 aliphatic heterocycles. The van der Waals surface area contributed by atoms with Crippen LogP contribution in [0.3, 0.4) is 0 Å². The molecular formula is C16H29N5O7S. The summed E-state index contributed by atoms with van der Waals surface area (Å²) in [5, 5.41) is 24.7. The number of carboxylic acids is 1. The molecule has 12 nitrogen and oxygen atoms in total. The van der Waals surface area contributed by atoms with Crippen molar-refractivity contribution in [3.63, 3.8) is 0 Å². The number of rotatable bonds is 14. The molecular weight excluding hydrogens is 406 g/mol. The van der Waals surface area contributed by atoms with Crippen LogP contribution in [0.2, 0.25) is 0 Å². The standard InChI is InChI=1S/C16H29N5O7S/c1-8(19-14(25)9(17)5-6-29-2)13(24)20-10(3-4-12(18)23)15(26)21-11(7-22)16(27)28/h8-11,22H,3-7,17H2,1-2H3,(H2,18,23)(H,19,25)(H,20,24)(H,21,26)(H,27,28). The van der Waals surface area contributed by atoms with Gasteiger partial charge in [-0.2, -0.15) is 11.8 Å². The third-order valence-corrected chi connectivity index (χ3v) is 4.48. The Kier molecular flexibility index (Phi) is 12.6. The molecule has 0 saturated carbocycles. The summed E-state index contributed by atoms with van der Waals surface area (Å²) >= 11 is 1.52. The molecule has 9 N–H and O–H groups in total. The van der Waals surface area contributed by atoms with E-state index in [1.807, 2.05) is 6.26 Å². The van der Waals surface area contributed by atoms with Crippen molar-refractivity contribution in [2.24, 2.45) is 11.5 Å². The average Bonchev–Trinajstić information content (AvgIpc) is 2.66. The van der Waals surface area contributed by atoms with Gasteiger partial charge in [0.2, 0.25) is 23.6 Å². The fourth-order valence-electron chi connectivity index (χ4n) is 2.07. The second-order valence-corrected chi connectivity index (χ2v) is 7.25. The van der Waals surface area contributed by atoms with Gasteiger partial charge in [0, 0.05) is 6.42 Å². The van der Waals surface area contributed by atoms with Gasteiger partial charge in [0.15, 0.2) is 0 Å². The molecule has 0 spiro atoms. The Morgan fingerprint density at radius 2 is 1.55 bits per heavy atom. The molecule has 0 aliphatic rings. The molecule has 29 heavy (non-hydrogen) atoms. The molecule has 0 aromatic heterocycles. The van der Waals surface area contributed by atoms with Crippen LogP contribution in [0.4, 0.5) is 0 Å². The Morgan fingerprint density at radius 3 is 2.03 bits per heavy atom. The number of carbonyl (C=O) groups excluding carboxylic acids is 4. The van der Waals surface area contributed by atoms with Crippen LogP contribution in [0.15, 0.2) is 0 Å². The Morgan fingerprint density at radius 1 is 0.966 bits per heavy atom. The Labute approximate surface area is 172 Å². The van der Waals surface area contributed by atoms with Crippen molar-refractivity contribution < 1.29 is 34.2 Å². The number of aliphatic hydroxyl groups is 1. The van der Waals surface area contributed by atoms with E-state index in [4.69, 9.17) is 21.7 Å². The van der Waals surface area contributed by atoms with Crippen LogP contribution >= 0.6 is 11.8 Å². The summed E-state index contributed by atoms with van der Waals surface area (Å²) in [7, 11) is 0. The monoisotopic (exact) mass is 435 g/mol. The first-order valence-corrected chi connectivity index (χ1v) is 10.2. The number of hydrogen-bond acceptors (Lipinski definition) is 8. The lowest BCUT2D eigenvalue weighted by molar-refractivity contribution is -0.143. The molecule has 4 unspecified atom stereocenters. The molecule has 0 rings (SSSR count). The van der Waals surface area contributed by atoms with E-state index in [2.05, 4.69) is 16.0 Å². The highest BCUT2D eigenvalue weighted by Gasteiger charge is 2.28. The second kappa shape index (κ2) is 13.7. The molecule has 0 radical (unpaired) electrons. The van der Waals surface area contributed by atoms with Gasteiger partial charge in [-0.05, 0) is 31.8 Å². The van der Waals surface area contributed by atoms with Gasteiger partial charge < -0.3 is 37.6 Å². The first-order valence-electron chi connectivity index (χ1n) is 8.81. The van der Waals surface area contributed by atoms with Crippen molar-refractivity contribution in [2.75, 3.05) is 18.6 Å². The maximum Gasteiger partial charge on any atom is 0.328 e. The molecule has 166 valence electrons. The zero-order valence-electron chi connectivity index (χ0n) is 16.3. The van der Waals surface area contributed by atoms with E-state index >= 15 is 0 Å². The molecule has 0 bridgehead atoms. The summed E-state index contributed by atoms with van der Waals surface area (Å²) in [6, 6.07) is -4.72. The average molecular weight is 436 g/mol. The molecule has 0 aromatic carbocycles. The highest BCUT2D eigenvalue weighted by atomic mass is 32.2. The van der Waals surface area contributed by atoms with Gasteiger partial charge in [0.05, 0.1) is 12.6 Å². The number of nitrogens with two attached hydrogens (primary N) is 2. The summed E-state index contributed by atoms with van der Waals surface area (Å²) in [6.07, 6.45) is 1.83. The lowest BCUT2D eigenvalue weighted by Crippen LogP contribution is -2.56. The smallest absolute Gasteiger partial charge is 0.328 e. The van der Waals surface area contributed by atoms with Gasteiger partial charge in [-0.3, -0.25) is 19.2 Å². The number of thioether (sulfide) groups is 1. The fourth-order valence-corrected chi connectivity index (χ4v) is 2.56. The molecule has 0 heterocycles. The molecule has 0 saturated heterocycles. The minimum Gasteiger partial charge on any atom is -0.480 e.